The highest BCUT2D eigenvalue weighted by Crippen LogP contribution is 2.34. The van der Waals surface area contributed by atoms with Gasteiger partial charge in [-0.25, -0.2) is 4.79 Å². The van der Waals surface area contributed by atoms with E-state index in [9.17, 15) is 9.59 Å². The summed E-state index contributed by atoms with van der Waals surface area (Å²) in [7, 11) is 1.60. The van der Waals surface area contributed by atoms with Crippen molar-refractivity contribution in [2.75, 3.05) is 7.11 Å². The first kappa shape index (κ1) is 21.7. The maximum absolute atomic E-state index is 12.7. The van der Waals surface area contributed by atoms with Gasteiger partial charge in [-0.05, 0) is 57.4 Å². The van der Waals surface area contributed by atoms with Crippen molar-refractivity contribution in [1.82, 2.24) is 5.32 Å². The van der Waals surface area contributed by atoms with E-state index in [-0.39, 0.29) is 12.3 Å². The van der Waals surface area contributed by atoms with E-state index in [4.69, 9.17) is 13.6 Å². The number of amides is 1. The number of rotatable bonds is 6. The molecule has 2 aromatic heterocycles. The summed E-state index contributed by atoms with van der Waals surface area (Å²) in [5.41, 5.74) is 5.04. The molecule has 0 aliphatic carbocycles. The minimum absolute atomic E-state index is 0.136. The Morgan fingerprint density at radius 2 is 1.66 bits per heavy atom. The lowest BCUT2D eigenvalue weighted by atomic mass is 9.98. The van der Waals surface area contributed by atoms with Crippen LogP contribution in [0.3, 0.4) is 0 Å². The quantitative estimate of drug-likeness (QED) is 0.431. The van der Waals surface area contributed by atoms with Crippen molar-refractivity contribution in [2.45, 2.75) is 47.1 Å². The normalized spacial score (nSPS) is 11.3. The molecule has 0 unspecified atom stereocenters. The van der Waals surface area contributed by atoms with Crippen LogP contribution in [0.1, 0.15) is 40.0 Å². The van der Waals surface area contributed by atoms with Gasteiger partial charge in [-0.3, -0.25) is 4.79 Å². The molecular weight excluding hydrogens is 406 g/mol. The fourth-order valence-corrected chi connectivity index (χ4v) is 4.15. The van der Waals surface area contributed by atoms with Crippen LogP contribution in [0.25, 0.3) is 21.9 Å². The molecule has 166 valence electrons. The maximum Gasteiger partial charge on any atom is 0.339 e. The monoisotopic (exact) mass is 433 g/mol. The molecule has 6 heteroatoms. The number of nitrogens with one attached hydrogen (secondary N) is 1. The Bertz CT molecular complexity index is 1390. The van der Waals surface area contributed by atoms with E-state index in [1.165, 1.54) is 0 Å². The molecule has 4 aromatic rings. The van der Waals surface area contributed by atoms with E-state index >= 15 is 0 Å². The Morgan fingerprint density at radius 1 is 0.969 bits per heavy atom. The van der Waals surface area contributed by atoms with Gasteiger partial charge in [0.1, 0.15) is 22.7 Å². The van der Waals surface area contributed by atoms with Gasteiger partial charge in [0.15, 0.2) is 0 Å². The lowest BCUT2D eigenvalue weighted by Crippen LogP contribution is -2.24. The molecule has 2 aromatic carbocycles. The first-order valence-corrected chi connectivity index (χ1v) is 10.7. The molecule has 0 aliphatic heterocycles. The van der Waals surface area contributed by atoms with E-state index in [0.29, 0.717) is 24.1 Å². The summed E-state index contributed by atoms with van der Waals surface area (Å²) in [5, 5.41) is 4.80. The summed E-state index contributed by atoms with van der Waals surface area (Å²) in [6.07, 6.45) is 0.500. The summed E-state index contributed by atoms with van der Waals surface area (Å²) in [6.45, 7) is 8.13. The van der Waals surface area contributed by atoms with Crippen molar-refractivity contribution in [3.63, 3.8) is 0 Å². The van der Waals surface area contributed by atoms with Crippen LogP contribution in [-0.2, 0) is 17.8 Å². The van der Waals surface area contributed by atoms with Gasteiger partial charge in [-0.1, -0.05) is 18.2 Å². The second kappa shape index (κ2) is 8.54. The van der Waals surface area contributed by atoms with Crippen LogP contribution >= 0.6 is 0 Å². The van der Waals surface area contributed by atoms with E-state index in [1.807, 2.05) is 58.0 Å². The van der Waals surface area contributed by atoms with Gasteiger partial charge in [-0.2, -0.15) is 0 Å². The minimum Gasteiger partial charge on any atom is -0.496 e. The van der Waals surface area contributed by atoms with E-state index < -0.39 is 5.63 Å². The highest BCUT2D eigenvalue weighted by molar-refractivity contribution is 6.00. The number of hydrogen-bond acceptors (Lipinski definition) is 5. The second-order valence-electron chi connectivity index (χ2n) is 8.12. The van der Waals surface area contributed by atoms with Crippen molar-refractivity contribution < 1.29 is 18.4 Å². The zero-order chi connectivity index (χ0) is 23.0. The number of fused-ring (bicyclic) bond motifs is 2. The number of hydrogen-bond donors (Lipinski definition) is 1. The van der Waals surface area contributed by atoms with Crippen LogP contribution in [0, 0.1) is 27.7 Å². The van der Waals surface area contributed by atoms with Crippen LogP contribution in [0.5, 0.6) is 5.75 Å². The number of para-hydroxylation sites is 1. The lowest BCUT2D eigenvalue weighted by Gasteiger charge is -2.11. The smallest absolute Gasteiger partial charge is 0.339 e. The van der Waals surface area contributed by atoms with Gasteiger partial charge in [0, 0.05) is 40.4 Å². The van der Waals surface area contributed by atoms with Gasteiger partial charge in [0.05, 0.1) is 7.11 Å². The number of furan rings is 1. The maximum atomic E-state index is 12.7. The van der Waals surface area contributed by atoms with Gasteiger partial charge in [0.2, 0.25) is 5.91 Å². The van der Waals surface area contributed by atoms with Crippen molar-refractivity contribution in [3.8, 4) is 5.75 Å². The molecule has 1 N–H and O–H groups in total. The fourth-order valence-electron chi connectivity index (χ4n) is 4.15. The lowest BCUT2D eigenvalue weighted by molar-refractivity contribution is -0.121. The molecule has 2 heterocycles. The van der Waals surface area contributed by atoms with Crippen LogP contribution in [0.15, 0.2) is 44.0 Å². The molecule has 32 heavy (non-hydrogen) atoms. The highest BCUT2D eigenvalue weighted by Gasteiger charge is 2.19. The van der Waals surface area contributed by atoms with Crippen molar-refractivity contribution in [2.24, 2.45) is 0 Å². The third-order valence-corrected chi connectivity index (χ3v) is 6.21. The molecule has 0 atom stereocenters. The van der Waals surface area contributed by atoms with Gasteiger partial charge < -0.3 is 18.9 Å². The molecular formula is C26H27NO5. The number of benzene rings is 2. The van der Waals surface area contributed by atoms with E-state index in [1.54, 1.807) is 7.11 Å². The summed E-state index contributed by atoms with van der Waals surface area (Å²) >= 11 is 0. The molecule has 0 spiro atoms. The molecule has 0 aliphatic rings. The van der Waals surface area contributed by atoms with Crippen molar-refractivity contribution >= 4 is 27.8 Å². The largest absolute Gasteiger partial charge is 0.496 e. The second-order valence-corrected chi connectivity index (χ2v) is 8.12. The molecule has 1 amide bonds. The molecule has 0 radical (unpaired) electrons. The number of carbonyl (C=O) groups excluding carboxylic acids is 1. The third kappa shape index (κ3) is 3.77. The van der Waals surface area contributed by atoms with Crippen LogP contribution < -0.4 is 15.7 Å². The van der Waals surface area contributed by atoms with Crippen molar-refractivity contribution in [3.05, 3.63) is 74.3 Å². The summed E-state index contributed by atoms with van der Waals surface area (Å²) < 4.78 is 16.9. The van der Waals surface area contributed by atoms with E-state index in [2.05, 4.69) is 5.32 Å². The Balaban J connectivity index is 1.58. The highest BCUT2D eigenvalue weighted by atomic mass is 16.5. The van der Waals surface area contributed by atoms with Crippen molar-refractivity contribution in [1.29, 1.82) is 0 Å². The molecule has 6 nitrogen and oxygen atoms in total. The number of carbonyl (C=O) groups is 1. The summed E-state index contributed by atoms with van der Waals surface area (Å²) in [6, 6.07) is 9.56. The third-order valence-electron chi connectivity index (χ3n) is 6.21. The fraction of sp³-hybridized carbons (Fsp3) is 0.308. The first-order valence-electron chi connectivity index (χ1n) is 10.7. The zero-order valence-corrected chi connectivity index (χ0v) is 19.0. The molecule has 0 bridgehead atoms. The molecule has 0 fully saturated rings. The molecule has 0 saturated heterocycles. The molecule has 0 saturated carbocycles. The standard InChI is InChI=1S/C26H27NO5/c1-14-17(4)31-24-16(3)25-21(12-20(14)24)15(2)19(26(29)32-25)10-11-23(28)27-13-18-8-6-7-9-22(18)30-5/h6-9,12H,10-11,13H2,1-5H3,(H,27,28). The predicted octanol–water partition coefficient (Wildman–Crippen LogP) is 5.03. The van der Waals surface area contributed by atoms with Gasteiger partial charge >= 0.3 is 5.63 Å². The number of methoxy groups -OCH3 is 1. The summed E-state index contributed by atoms with van der Waals surface area (Å²) in [5.74, 6) is 1.44. The Labute approximate surface area is 186 Å². The number of aryl methyl sites for hydroxylation is 4. The van der Waals surface area contributed by atoms with Gasteiger partial charge in [0.25, 0.3) is 0 Å². The minimum atomic E-state index is -0.407. The van der Waals surface area contributed by atoms with E-state index in [0.717, 1.165) is 50.1 Å². The van der Waals surface area contributed by atoms with Gasteiger partial charge in [-0.15, -0.1) is 0 Å². The average molecular weight is 434 g/mol. The Morgan fingerprint density at radius 3 is 2.41 bits per heavy atom. The summed E-state index contributed by atoms with van der Waals surface area (Å²) in [4.78, 5) is 25.2. The number of ether oxygens (including phenoxy) is 1. The topological polar surface area (TPSA) is 81.7 Å². The Hall–Kier alpha value is -3.54. The van der Waals surface area contributed by atoms with Crippen LogP contribution in [-0.4, -0.2) is 13.0 Å². The SMILES string of the molecule is COc1ccccc1CNC(=O)CCc1c(C)c2cc3c(C)c(C)oc3c(C)c2oc1=O. The first-order chi connectivity index (χ1) is 15.3. The predicted molar refractivity (Wildman–Crippen MR) is 124 cm³/mol. The zero-order valence-electron chi connectivity index (χ0n) is 19.0. The van der Waals surface area contributed by atoms with Crippen LogP contribution in [0.2, 0.25) is 0 Å². The average Bonchev–Trinajstić information content (AvgIpc) is 3.07. The molecule has 4 rings (SSSR count). The Kier molecular flexibility index (Phi) is 5.78. The van der Waals surface area contributed by atoms with Crippen LogP contribution in [0.4, 0.5) is 0 Å².